The zero-order chi connectivity index (χ0) is 13.0. The molecule has 0 aliphatic carbocycles. The van der Waals surface area contributed by atoms with Gasteiger partial charge in [-0.15, -0.1) is 0 Å². The highest BCUT2D eigenvalue weighted by molar-refractivity contribution is 6.08. The summed E-state index contributed by atoms with van der Waals surface area (Å²) in [5.41, 5.74) is 11.0. The van der Waals surface area contributed by atoms with Gasteiger partial charge in [0.1, 0.15) is 18.2 Å². The third kappa shape index (κ3) is 2.85. The minimum absolute atomic E-state index is 0.0544. The van der Waals surface area contributed by atoms with Gasteiger partial charge in [-0.25, -0.2) is 0 Å². The van der Waals surface area contributed by atoms with Crippen molar-refractivity contribution in [3.8, 4) is 0 Å². The third-order valence-electron chi connectivity index (χ3n) is 2.17. The molecule has 0 aliphatic heterocycles. The summed E-state index contributed by atoms with van der Waals surface area (Å²) in [5.74, 6) is -3.59. The number of anilines is 1. The van der Waals surface area contributed by atoms with E-state index < -0.39 is 23.7 Å². The van der Waals surface area contributed by atoms with Gasteiger partial charge in [-0.2, -0.15) is 0 Å². The van der Waals surface area contributed by atoms with Crippen LogP contribution < -0.4 is 11.5 Å². The van der Waals surface area contributed by atoms with Crippen LogP contribution in [-0.2, 0) is 9.59 Å². The summed E-state index contributed by atoms with van der Waals surface area (Å²) >= 11 is 0. The molecule has 1 rings (SSSR count). The van der Waals surface area contributed by atoms with Crippen molar-refractivity contribution in [2.45, 2.75) is 6.04 Å². The summed E-state index contributed by atoms with van der Waals surface area (Å²) in [6.45, 7) is 0. The number of aromatic nitrogens is 1. The summed E-state index contributed by atoms with van der Waals surface area (Å²) in [5, 5.41) is 8.66. The molecule has 90 valence electrons. The van der Waals surface area contributed by atoms with Crippen LogP contribution in [-0.4, -0.2) is 34.2 Å². The van der Waals surface area contributed by atoms with Gasteiger partial charge in [0.2, 0.25) is 0 Å². The molecule has 1 aromatic heterocycles. The molecule has 1 heterocycles. The summed E-state index contributed by atoms with van der Waals surface area (Å²) < 4.78 is 0. The molecule has 2 unspecified atom stereocenters. The van der Waals surface area contributed by atoms with Crippen molar-refractivity contribution in [3.05, 3.63) is 24.0 Å². The van der Waals surface area contributed by atoms with Crippen molar-refractivity contribution in [2.24, 2.45) is 11.7 Å². The van der Waals surface area contributed by atoms with Crippen LogP contribution in [0.25, 0.3) is 0 Å². The van der Waals surface area contributed by atoms with Crippen LogP contribution in [0.15, 0.2) is 18.5 Å². The van der Waals surface area contributed by atoms with E-state index in [2.05, 4.69) is 4.98 Å². The number of hydrogen-bond donors (Lipinski definition) is 3. The Morgan fingerprint density at radius 1 is 1.41 bits per heavy atom. The van der Waals surface area contributed by atoms with E-state index >= 15 is 0 Å². The molecular weight excluding hydrogens is 226 g/mol. The Hall–Kier alpha value is -2.28. The molecule has 0 aromatic carbocycles. The Bertz CT molecular complexity index is 461. The van der Waals surface area contributed by atoms with Gasteiger partial charge in [-0.05, 0) is 6.07 Å². The predicted octanol–water partition coefficient (Wildman–Crippen LogP) is -0.926. The Labute approximate surface area is 96.4 Å². The quantitative estimate of drug-likeness (QED) is 0.342. The molecule has 0 bridgehead atoms. The van der Waals surface area contributed by atoms with Crippen molar-refractivity contribution >= 4 is 23.7 Å². The number of nitrogens with zero attached hydrogens (tertiary/aromatic N) is 1. The molecule has 0 radical (unpaired) electrons. The first-order valence-electron chi connectivity index (χ1n) is 4.65. The fourth-order valence-corrected chi connectivity index (χ4v) is 1.25. The lowest BCUT2D eigenvalue weighted by Gasteiger charge is -2.13. The zero-order valence-corrected chi connectivity index (χ0v) is 8.74. The van der Waals surface area contributed by atoms with Crippen molar-refractivity contribution in [2.75, 3.05) is 5.73 Å². The predicted molar refractivity (Wildman–Crippen MR) is 58.1 cm³/mol. The average molecular weight is 237 g/mol. The summed E-state index contributed by atoms with van der Waals surface area (Å²) in [7, 11) is 0. The first-order chi connectivity index (χ1) is 7.97. The van der Waals surface area contributed by atoms with Crippen LogP contribution in [0.4, 0.5) is 5.69 Å². The number of carbonyl (C=O) groups excluding carboxylic acids is 2. The maximum absolute atomic E-state index is 11.8. The van der Waals surface area contributed by atoms with Crippen LogP contribution in [0, 0.1) is 5.92 Å². The Morgan fingerprint density at radius 2 is 2.06 bits per heavy atom. The second kappa shape index (κ2) is 5.17. The summed E-state index contributed by atoms with van der Waals surface area (Å²) in [6, 6.07) is -0.276. The number of aliphatic carboxylic acids is 1. The van der Waals surface area contributed by atoms with E-state index in [0.29, 0.717) is 0 Å². The lowest BCUT2D eigenvalue weighted by molar-refractivity contribution is -0.140. The first kappa shape index (κ1) is 12.8. The highest BCUT2D eigenvalue weighted by Gasteiger charge is 2.31. The molecule has 7 nitrogen and oxygen atoms in total. The van der Waals surface area contributed by atoms with Gasteiger partial charge in [0.25, 0.3) is 0 Å². The van der Waals surface area contributed by atoms with E-state index in [4.69, 9.17) is 16.6 Å². The van der Waals surface area contributed by atoms with E-state index in [1.54, 1.807) is 0 Å². The van der Waals surface area contributed by atoms with E-state index in [1.807, 2.05) is 0 Å². The smallest absolute Gasteiger partial charge is 0.321 e. The molecule has 7 heteroatoms. The highest BCUT2D eigenvalue weighted by atomic mass is 16.4. The number of hydrogen-bond acceptors (Lipinski definition) is 6. The molecule has 0 amide bonds. The van der Waals surface area contributed by atoms with Gasteiger partial charge in [0, 0.05) is 18.0 Å². The van der Waals surface area contributed by atoms with Crippen LogP contribution in [0.5, 0.6) is 0 Å². The van der Waals surface area contributed by atoms with Crippen LogP contribution in [0.3, 0.4) is 0 Å². The van der Waals surface area contributed by atoms with E-state index in [-0.39, 0.29) is 17.5 Å². The molecule has 17 heavy (non-hydrogen) atoms. The third-order valence-corrected chi connectivity index (χ3v) is 2.17. The second-order valence-corrected chi connectivity index (χ2v) is 3.40. The van der Waals surface area contributed by atoms with Crippen LogP contribution >= 0.6 is 0 Å². The summed E-state index contributed by atoms with van der Waals surface area (Å²) in [4.78, 5) is 36.8. The number of rotatable bonds is 5. The minimum Gasteiger partial charge on any atom is -0.480 e. The molecule has 0 spiro atoms. The SMILES string of the molecule is Nc1cncc(C(=O)C(C=O)C(N)C(=O)O)c1. The number of pyridine rings is 1. The Kier molecular flexibility index (Phi) is 3.89. The zero-order valence-electron chi connectivity index (χ0n) is 8.74. The van der Waals surface area contributed by atoms with Gasteiger partial charge < -0.3 is 21.4 Å². The standard InChI is InChI=1S/C10H11N3O4/c11-6-1-5(2-13-3-6)9(15)7(4-14)8(12)10(16)17/h1-4,7-8H,11-12H2,(H,16,17). The highest BCUT2D eigenvalue weighted by Crippen LogP contribution is 2.12. The molecule has 2 atom stereocenters. The van der Waals surface area contributed by atoms with Crippen LogP contribution in [0.1, 0.15) is 10.4 Å². The molecule has 0 saturated carbocycles. The Morgan fingerprint density at radius 3 is 2.53 bits per heavy atom. The van der Waals surface area contributed by atoms with Gasteiger partial charge >= 0.3 is 5.97 Å². The molecule has 1 aromatic rings. The van der Waals surface area contributed by atoms with Gasteiger partial charge in [-0.1, -0.05) is 0 Å². The Balaban J connectivity index is 3.02. The maximum Gasteiger partial charge on any atom is 0.321 e. The van der Waals surface area contributed by atoms with Gasteiger partial charge in [-0.3, -0.25) is 14.6 Å². The van der Waals surface area contributed by atoms with Gasteiger partial charge in [0.15, 0.2) is 5.78 Å². The normalized spacial score (nSPS) is 13.7. The first-order valence-corrected chi connectivity index (χ1v) is 4.65. The lowest BCUT2D eigenvalue weighted by atomic mass is 9.93. The fraction of sp³-hybridized carbons (Fsp3) is 0.200. The van der Waals surface area contributed by atoms with Gasteiger partial charge in [0.05, 0.1) is 5.69 Å². The summed E-state index contributed by atoms with van der Waals surface area (Å²) in [6.07, 6.45) is 2.73. The van der Waals surface area contributed by atoms with Crippen molar-refractivity contribution < 1.29 is 19.5 Å². The van der Waals surface area contributed by atoms with E-state index in [9.17, 15) is 14.4 Å². The number of carboxylic acid groups (broad SMARTS) is 1. The largest absolute Gasteiger partial charge is 0.480 e. The lowest BCUT2D eigenvalue weighted by Crippen LogP contribution is -2.42. The van der Waals surface area contributed by atoms with E-state index in [0.717, 1.165) is 0 Å². The molecule has 0 fully saturated rings. The number of nitrogen functional groups attached to an aromatic ring is 1. The number of nitrogens with two attached hydrogens (primary N) is 2. The van der Waals surface area contributed by atoms with Crippen LogP contribution in [0.2, 0.25) is 0 Å². The molecule has 0 saturated heterocycles. The van der Waals surface area contributed by atoms with Crippen molar-refractivity contribution in [1.29, 1.82) is 0 Å². The number of aldehydes is 1. The molecule has 0 aliphatic rings. The monoisotopic (exact) mass is 237 g/mol. The second-order valence-electron chi connectivity index (χ2n) is 3.40. The molecule has 5 N–H and O–H groups in total. The maximum atomic E-state index is 11.8. The fourth-order valence-electron chi connectivity index (χ4n) is 1.25. The van der Waals surface area contributed by atoms with Crippen molar-refractivity contribution in [1.82, 2.24) is 4.98 Å². The van der Waals surface area contributed by atoms with E-state index in [1.165, 1.54) is 18.5 Å². The number of carboxylic acids is 1. The topological polar surface area (TPSA) is 136 Å². The molecular formula is C10H11N3O4. The average Bonchev–Trinajstić information content (AvgIpc) is 2.29. The number of ketones is 1. The minimum atomic E-state index is -1.58. The number of carbonyl (C=O) groups is 3. The van der Waals surface area contributed by atoms with Crippen molar-refractivity contribution in [3.63, 3.8) is 0 Å². The number of Topliss-reactive ketones (excluding diaryl/α,β-unsaturated/α-hetero) is 1.